The Hall–Kier alpha value is -3.95. The van der Waals surface area contributed by atoms with Crippen LogP contribution in [-0.4, -0.2) is 42.2 Å². The molecule has 3 amide bonds. The van der Waals surface area contributed by atoms with Crippen molar-refractivity contribution in [1.82, 2.24) is 16.0 Å². The first kappa shape index (κ1) is 22.7. The number of hydrogen-bond donors (Lipinski definition) is 3. The molecule has 9 nitrogen and oxygen atoms in total. The van der Waals surface area contributed by atoms with Gasteiger partial charge in [-0.2, -0.15) is 0 Å². The highest BCUT2D eigenvalue weighted by Gasteiger charge is 2.44. The van der Waals surface area contributed by atoms with Crippen LogP contribution in [0.1, 0.15) is 18.1 Å². The van der Waals surface area contributed by atoms with Gasteiger partial charge in [-0.05, 0) is 23.3 Å². The summed E-state index contributed by atoms with van der Waals surface area (Å²) in [5.41, 5.74) is 1.20. The zero-order valence-corrected chi connectivity index (χ0v) is 17.2. The highest BCUT2D eigenvalue weighted by atomic mass is 19.1. The van der Waals surface area contributed by atoms with Gasteiger partial charge in [-0.25, -0.2) is 9.18 Å². The minimum absolute atomic E-state index is 0.0134. The van der Waals surface area contributed by atoms with E-state index in [4.69, 9.17) is 9.47 Å². The molecule has 32 heavy (non-hydrogen) atoms. The quantitative estimate of drug-likeness (QED) is 0.416. The Kier molecular flexibility index (Phi) is 7.37. The van der Waals surface area contributed by atoms with Gasteiger partial charge < -0.3 is 25.4 Å². The van der Waals surface area contributed by atoms with Crippen molar-refractivity contribution in [1.29, 1.82) is 0 Å². The topological polar surface area (TPSA) is 123 Å². The number of rotatable bonds is 8. The van der Waals surface area contributed by atoms with E-state index in [-0.39, 0.29) is 13.0 Å². The number of alkyl carbamates (subject to hydrolysis) is 1. The van der Waals surface area contributed by atoms with E-state index in [2.05, 4.69) is 16.0 Å². The second kappa shape index (κ2) is 10.4. The van der Waals surface area contributed by atoms with Crippen LogP contribution >= 0.6 is 0 Å². The smallest absolute Gasteiger partial charge is 0.408 e. The fourth-order valence-corrected chi connectivity index (χ4v) is 3.04. The number of hydrogen-bond acceptors (Lipinski definition) is 6. The van der Waals surface area contributed by atoms with Gasteiger partial charge >= 0.3 is 12.1 Å². The molecular formula is C22H22FN3O6. The van der Waals surface area contributed by atoms with Crippen LogP contribution in [0.15, 0.2) is 54.6 Å². The first-order valence-corrected chi connectivity index (χ1v) is 9.81. The minimum atomic E-state index is -1.17. The molecular weight excluding hydrogens is 421 g/mol. The molecule has 0 aromatic heterocycles. The number of benzene rings is 2. The Balaban J connectivity index is 1.66. The SMILES string of the molecule is CC(=O)O[C@@H]1NC(=O)[C@H]1NC(=O)[C@H](Cc1cccc(F)c1)NC(=O)OCc1ccccc1. The molecule has 1 fully saturated rings. The maximum Gasteiger partial charge on any atom is 0.408 e. The number of carbonyl (C=O) groups excluding carboxylic acids is 4. The summed E-state index contributed by atoms with van der Waals surface area (Å²) < 4.78 is 23.6. The Bertz CT molecular complexity index is 1000. The number of amides is 3. The zero-order chi connectivity index (χ0) is 23.1. The molecule has 0 aliphatic carbocycles. The van der Waals surface area contributed by atoms with E-state index in [0.29, 0.717) is 5.56 Å². The van der Waals surface area contributed by atoms with Crippen molar-refractivity contribution in [3.05, 3.63) is 71.5 Å². The van der Waals surface area contributed by atoms with Gasteiger partial charge in [-0.3, -0.25) is 14.4 Å². The molecule has 0 saturated carbocycles. The third kappa shape index (κ3) is 6.27. The van der Waals surface area contributed by atoms with E-state index >= 15 is 0 Å². The number of β-lactam (4-membered cyclic amide) rings is 1. The second-order valence-electron chi connectivity index (χ2n) is 7.12. The fourth-order valence-electron chi connectivity index (χ4n) is 3.04. The van der Waals surface area contributed by atoms with Crippen molar-refractivity contribution < 1.29 is 33.0 Å². The molecule has 0 unspecified atom stereocenters. The summed E-state index contributed by atoms with van der Waals surface area (Å²) in [4.78, 5) is 48.0. The largest absolute Gasteiger partial charge is 0.445 e. The first-order chi connectivity index (χ1) is 15.3. The lowest BCUT2D eigenvalue weighted by Gasteiger charge is -2.36. The highest BCUT2D eigenvalue weighted by molar-refractivity contribution is 5.95. The Morgan fingerprint density at radius 2 is 1.81 bits per heavy atom. The molecule has 0 bridgehead atoms. The third-order valence-electron chi connectivity index (χ3n) is 4.61. The number of halogens is 1. The lowest BCUT2D eigenvalue weighted by molar-refractivity contribution is -0.164. The predicted octanol–water partition coefficient (Wildman–Crippen LogP) is 1.17. The summed E-state index contributed by atoms with van der Waals surface area (Å²) >= 11 is 0. The maximum absolute atomic E-state index is 13.6. The van der Waals surface area contributed by atoms with Crippen LogP contribution in [0.2, 0.25) is 0 Å². The molecule has 168 valence electrons. The van der Waals surface area contributed by atoms with E-state index in [9.17, 15) is 23.6 Å². The second-order valence-corrected chi connectivity index (χ2v) is 7.12. The molecule has 1 saturated heterocycles. The van der Waals surface area contributed by atoms with Gasteiger partial charge in [0.1, 0.15) is 18.5 Å². The molecule has 3 N–H and O–H groups in total. The van der Waals surface area contributed by atoms with Crippen molar-refractivity contribution in [2.45, 2.75) is 38.3 Å². The molecule has 1 aliphatic heterocycles. The Morgan fingerprint density at radius 3 is 2.47 bits per heavy atom. The van der Waals surface area contributed by atoms with Gasteiger partial charge in [0.15, 0.2) is 6.04 Å². The van der Waals surface area contributed by atoms with Crippen LogP contribution in [0.5, 0.6) is 0 Å². The summed E-state index contributed by atoms with van der Waals surface area (Å²) in [6.45, 7) is 1.15. The van der Waals surface area contributed by atoms with Gasteiger partial charge in [-0.1, -0.05) is 42.5 Å². The highest BCUT2D eigenvalue weighted by Crippen LogP contribution is 2.11. The predicted molar refractivity (Wildman–Crippen MR) is 109 cm³/mol. The summed E-state index contributed by atoms with van der Waals surface area (Å²) in [5.74, 6) is -2.39. The standard InChI is InChI=1S/C22H22FN3O6/c1-13(27)32-21-18(20(29)26-21)25-19(28)17(11-15-8-5-9-16(23)10-15)24-22(30)31-12-14-6-3-2-4-7-14/h2-10,17-18,21H,11-12H2,1H3,(H,24,30)(H,25,28)(H,26,29)/t17-,18+,21-/m0/s1. The first-order valence-electron chi connectivity index (χ1n) is 9.81. The number of ether oxygens (including phenoxy) is 2. The van der Waals surface area contributed by atoms with E-state index in [1.807, 2.05) is 6.07 Å². The lowest BCUT2D eigenvalue weighted by Crippen LogP contribution is -2.71. The van der Waals surface area contributed by atoms with Crippen LogP contribution in [0, 0.1) is 5.82 Å². The molecule has 1 aliphatic rings. The third-order valence-corrected chi connectivity index (χ3v) is 4.61. The average molecular weight is 443 g/mol. The fraction of sp³-hybridized carbons (Fsp3) is 0.273. The van der Waals surface area contributed by atoms with Crippen LogP contribution in [-0.2, 0) is 36.9 Å². The Labute approximate surface area is 183 Å². The summed E-state index contributed by atoms with van der Waals surface area (Å²) in [7, 11) is 0. The van der Waals surface area contributed by atoms with Crippen LogP contribution in [0.3, 0.4) is 0 Å². The van der Waals surface area contributed by atoms with E-state index < -0.39 is 48.0 Å². The molecule has 3 rings (SSSR count). The van der Waals surface area contributed by atoms with Crippen molar-refractivity contribution >= 4 is 23.9 Å². The van der Waals surface area contributed by atoms with Gasteiger partial charge in [0, 0.05) is 13.3 Å². The molecule has 1 heterocycles. The molecule has 2 aromatic rings. The van der Waals surface area contributed by atoms with Gasteiger partial charge in [0.05, 0.1) is 0 Å². The maximum atomic E-state index is 13.6. The number of carbonyl (C=O) groups is 4. The van der Waals surface area contributed by atoms with Crippen LogP contribution in [0.25, 0.3) is 0 Å². The van der Waals surface area contributed by atoms with Gasteiger partial charge in [-0.15, -0.1) is 0 Å². The normalized spacial score (nSPS) is 17.9. The van der Waals surface area contributed by atoms with Crippen LogP contribution < -0.4 is 16.0 Å². The summed E-state index contributed by atoms with van der Waals surface area (Å²) in [6, 6.07) is 12.2. The van der Waals surface area contributed by atoms with Gasteiger partial charge in [0.25, 0.3) is 5.91 Å². The van der Waals surface area contributed by atoms with Crippen LogP contribution in [0.4, 0.5) is 9.18 Å². The molecule has 0 spiro atoms. The molecule has 0 radical (unpaired) electrons. The summed E-state index contributed by atoms with van der Waals surface area (Å²) in [6.07, 6.45) is -1.93. The minimum Gasteiger partial charge on any atom is -0.445 e. The number of esters is 1. The Morgan fingerprint density at radius 1 is 1.09 bits per heavy atom. The van der Waals surface area contributed by atoms with Crippen molar-refractivity contribution in [3.63, 3.8) is 0 Å². The van der Waals surface area contributed by atoms with E-state index in [1.165, 1.54) is 25.1 Å². The van der Waals surface area contributed by atoms with E-state index in [1.54, 1.807) is 30.3 Å². The molecule has 10 heteroatoms. The average Bonchev–Trinajstić information content (AvgIpc) is 2.75. The van der Waals surface area contributed by atoms with Gasteiger partial charge in [0.2, 0.25) is 12.1 Å². The number of nitrogens with one attached hydrogen (secondary N) is 3. The summed E-state index contributed by atoms with van der Waals surface area (Å²) in [5, 5.41) is 7.23. The van der Waals surface area contributed by atoms with E-state index in [0.717, 1.165) is 5.56 Å². The lowest BCUT2D eigenvalue weighted by atomic mass is 10.0. The van der Waals surface area contributed by atoms with Crippen molar-refractivity contribution in [2.75, 3.05) is 0 Å². The van der Waals surface area contributed by atoms with Crippen molar-refractivity contribution in [2.24, 2.45) is 0 Å². The van der Waals surface area contributed by atoms with Crippen molar-refractivity contribution in [3.8, 4) is 0 Å². The molecule has 2 aromatic carbocycles. The molecule has 3 atom stereocenters. The zero-order valence-electron chi connectivity index (χ0n) is 17.2. The monoisotopic (exact) mass is 443 g/mol.